The van der Waals surface area contributed by atoms with Crippen LogP contribution in [-0.4, -0.2) is 18.5 Å². The molecule has 0 fully saturated rings. The lowest BCUT2D eigenvalue weighted by molar-refractivity contribution is 0.364. The molecule has 0 unspecified atom stereocenters. The van der Waals surface area contributed by atoms with Crippen molar-refractivity contribution >= 4 is 5.69 Å². The molecule has 0 aliphatic carbocycles. The van der Waals surface area contributed by atoms with Crippen LogP contribution in [-0.2, 0) is 6.54 Å². The molecule has 0 amide bonds. The van der Waals surface area contributed by atoms with Crippen molar-refractivity contribution in [1.82, 2.24) is 4.90 Å². The lowest BCUT2D eigenvalue weighted by atomic mass is 10.1. The van der Waals surface area contributed by atoms with Gasteiger partial charge in [-0.2, -0.15) is 0 Å². The fourth-order valence-corrected chi connectivity index (χ4v) is 1.45. The van der Waals surface area contributed by atoms with Crippen LogP contribution in [0.5, 0.6) is 0 Å². The summed E-state index contributed by atoms with van der Waals surface area (Å²) in [5.74, 6) is 0. The summed E-state index contributed by atoms with van der Waals surface area (Å²) in [6, 6.07) is 6.13. The molecule has 0 aliphatic rings. The molecule has 76 valence electrons. The smallest absolute Gasteiger partial charge is 0.0359 e. The SMILES string of the molecule is C=CCN(C)Cc1cc(C)ccc1N. The van der Waals surface area contributed by atoms with Crippen molar-refractivity contribution in [3.05, 3.63) is 42.0 Å². The van der Waals surface area contributed by atoms with Gasteiger partial charge in [-0.15, -0.1) is 6.58 Å². The first-order valence-electron chi connectivity index (χ1n) is 4.78. The van der Waals surface area contributed by atoms with Gasteiger partial charge in [0.25, 0.3) is 0 Å². The van der Waals surface area contributed by atoms with Crippen molar-refractivity contribution in [3.63, 3.8) is 0 Å². The summed E-state index contributed by atoms with van der Waals surface area (Å²) in [5.41, 5.74) is 9.19. The summed E-state index contributed by atoms with van der Waals surface area (Å²) in [4.78, 5) is 2.18. The van der Waals surface area contributed by atoms with Gasteiger partial charge < -0.3 is 5.73 Å². The molecule has 1 rings (SSSR count). The highest BCUT2D eigenvalue weighted by atomic mass is 15.1. The molecular weight excluding hydrogens is 172 g/mol. The summed E-state index contributed by atoms with van der Waals surface area (Å²) in [6.45, 7) is 7.55. The van der Waals surface area contributed by atoms with E-state index in [0.29, 0.717) is 0 Å². The van der Waals surface area contributed by atoms with E-state index in [1.165, 1.54) is 11.1 Å². The van der Waals surface area contributed by atoms with Gasteiger partial charge in [0.1, 0.15) is 0 Å². The van der Waals surface area contributed by atoms with E-state index in [1.807, 2.05) is 18.2 Å². The Morgan fingerprint density at radius 3 is 2.86 bits per heavy atom. The van der Waals surface area contributed by atoms with Crippen molar-refractivity contribution in [3.8, 4) is 0 Å². The summed E-state index contributed by atoms with van der Waals surface area (Å²) < 4.78 is 0. The highest BCUT2D eigenvalue weighted by molar-refractivity contribution is 5.48. The Balaban J connectivity index is 2.74. The molecule has 0 spiro atoms. The summed E-state index contributed by atoms with van der Waals surface area (Å²) in [6.07, 6.45) is 1.89. The fraction of sp³-hybridized carbons (Fsp3) is 0.333. The molecule has 0 atom stereocenters. The van der Waals surface area contributed by atoms with E-state index < -0.39 is 0 Å². The Morgan fingerprint density at radius 1 is 1.50 bits per heavy atom. The molecule has 0 aromatic heterocycles. The van der Waals surface area contributed by atoms with Crippen LogP contribution < -0.4 is 5.73 Å². The Labute approximate surface area is 86.0 Å². The van der Waals surface area contributed by atoms with Crippen LogP contribution in [0.1, 0.15) is 11.1 Å². The van der Waals surface area contributed by atoms with Gasteiger partial charge in [-0.3, -0.25) is 4.90 Å². The Morgan fingerprint density at radius 2 is 2.21 bits per heavy atom. The van der Waals surface area contributed by atoms with Gasteiger partial charge >= 0.3 is 0 Å². The second kappa shape index (κ2) is 4.82. The van der Waals surface area contributed by atoms with E-state index in [2.05, 4.69) is 31.5 Å². The minimum absolute atomic E-state index is 0.867. The molecule has 0 bridgehead atoms. The molecule has 1 aromatic carbocycles. The number of likely N-dealkylation sites (N-methyl/N-ethyl adjacent to an activating group) is 1. The maximum atomic E-state index is 5.88. The predicted molar refractivity (Wildman–Crippen MR) is 62.1 cm³/mol. The molecule has 2 N–H and O–H groups in total. The number of aryl methyl sites for hydroxylation is 1. The van der Waals surface area contributed by atoms with Crippen molar-refractivity contribution in [1.29, 1.82) is 0 Å². The quantitative estimate of drug-likeness (QED) is 0.582. The zero-order chi connectivity index (χ0) is 10.6. The highest BCUT2D eigenvalue weighted by Crippen LogP contribution is 2.15. The molecule has 2 nitrogen and oxygen atoms in total. The van der Waals surface area contributed by atoms with Crippen LogP contribution in [0.25, 0.3) is 0 Å². The zero-order valence-electron chi connectivity index (χ0n) is 8.96. The second-order valence-electron chi connectivity index (χ2n) is 3.69. The number of hydrogen-bond acceptors (Lipinski definition) is 2. The van der Waals surface area contributed by atoms with Crippen LogP contribution in [0, 0.1) is 6.92 Å². The first-order chi connectivity index (χ1) is 6.63. The standard InChI is InChI=1S/C12H18N2/c1-4-7-14(3)9-11-8-10(2)5-6-12(11)13/h4-6,8H,1,7,9,13H2,2-3H3. The third-order valence-corrected chi connectivity index (χ3v) is 2.18. The Hall–Kier alpha value is -1.28. The number of nitrogens with two attached hydrogens (primary N) is 1. The van der Waals surface area contributed by atoms with Crippen LogP contribution in [0.4, 0.5) is 5.69 Å². The molecule has 0 aliphatic heterocycles. The van der Waals surface area contributed by atoms with E-state index in [-0.39, 0.29) is 0 Å². The fourth-order valence-electron chi connectivity index (χ4n) is 1.45. The molecular formula is C12H18N2. The van der Waals surface area contributed by atoms with Gasteiger partial charge in [-0.1, -0.05) is 23.8 Å². The van der Waals surface area contributed by atoms with Gasteiger partial charge in [0.15, 0.2) is 0 Å². The maximum absolute atomic E-state index is 5.88. The number of nitrogens with zero attached hydrogens (tertiary/aromatic N) is 1. The predicted octanol–water partition coefficient (Wildman–Crippen LogP) is 2.20. The number of nitrogen functional groups attached to an aromatic ring is 1. The highest BCUT2D eigenvalue weighted by Gasteiger charge is 2.02. The summed E-state index contributed by atoms with van der Waals surface area (Å²) in [5, 5.41) is 0. The molecule has 0 saturated carbocycles. The average molecular weight is 190 g/mol. The average Bonchev–Trinajstić information content (AvgIpc) is 2.12. The second-order valence-corrected chi connectivity index (χ2v) is 3.69. The van der Waals surface area contributed by atoms with Crippen molar-refractivity contribution in [2.24, 2.45) is 0 Å². The van der Waals surface area contributed by atoms with Gasteiger partial charge in [-0.05, 0) is 25.6 Å². The van der Waals surface area contributed by atoms with E-state index in [0.717, 1.165) is 18.8 Å². The number of rotatable bonds is 4. The van der Waals surface area contributed by atoms with E-state index in [1.54, 1.807) is 0 Å². The lowest BCUT2D eigenvalue weighted by Crippen LogP contribution is -2.18. The molecule has 0 heterocycles. The van der Waals surface area contributed by atoms with Gasteiger partial charge in [0.05, 0.1) is 0 Å². The first-order valence-corrected chi connectivity index (χ1v) is 4.78. The van der Waals surface area contributed by atoms with Crippen molar-refractivity contribution < 1.29 is 0 Å². The van der Waals surface area contributed by atoms with E-state index >= 15 is 0 Å². The largest absolute Gasteiger partial charge is 0.398 e. The minimum Gasteiger partial charge on any atom is -0.398 e. The van der Waals surface area contributed by atoms with E-state index in [9.17, 15) is 0 Å². The zero-order valence-corrected chi connectivity index (χ0v) is 8.96. The maximum Gasteiger partial charge on any atom is 0.0359 e. The Kier molecular flexibility index (Phi) is 3.72. The first kappa shape index (κ1) is 10.8. The minimum atomic E-state index is 0.867. The molecule has 14 heavy (non-hydrogen) atoms. The van der Waals surface area contributed by atoms with Crippen LogP contribution in [0.2, 0.25) is 0 Å². The third-order valence-electron chi connectivity index (χ3n) is 2.18. The lowest BCUT2D eigenvalue weighted by Gasteiger charge is -2.16. The van der Waals surface area contributed by atoms with Crippen molar-refractivity contribution in [2.75, 3.05) is 19.3 Å². The molecule has 0 saturated heterocycles. The molecule has 2 heteroatoms. The third kappa shape index (κ3) is 2.89. The van der Waals surface area contributed by atoms with Crippen LogP contribution >= 0.6 is 0 Å². The van der Waals surface area contributed by atoms with Gasteiger partial charge in [-0.25, -0.2) is 0 Å². The Bertz CT molecular complexity index is 318. The van der Waals surface area contributed by atoms with Gasteiger partial charge in [0, 0.05) is 18.8 Å². The van der Waals surface area contributed by atoms with E-state index in [4.69, 9.17) is 5.73 Å². The molecule has 1 aromatic rings. The summed E-state index contributed by atoms with van der Waals surface area (Å²) in [7, 11) is 2.06. The van der Waals surface area contributed by atoms with Gasteiger partial charge in [0.2, 0.25) is 0 Å². The van der Waals surface area contributed by atoms with Crippen molar-refractivity contribution in [2.45, 2.75) is 13.5 Å². The number of benzene rings is 1. The van der Waals surface area contributed by atoms with Crippen LogP contribution in [0.15, 0.2) is 30.9 Å². The number of hydrogen-bond donors (Lipinski definition) is 1. The van der Waals surface area contributed by atoms with Crippen LogP contribution in [0.3, 0.4) is 0 Å². The molecule has 0 radical (unpaired) electrons. The topological polar surface area (TPSA) is 29.3 Å². The number of anilines is 1. The monoisotopic (exact) mass is 190 g/mol. The summed E-state index contributed by atoms with van der Waals surface area (Å²) >= 11 is 0. The normalized spacial score (nSPS) is 10.5.